The predicted octanol–water partition coefficient (Wildman–Crippen LogP) is 8.88. The maximum atomic E-state index is 5.04. The third-order valence-corrected chi connectivity index (χ3v) is 7.13. The van der Waals surface area contributed by atoms with Crippen molar-refractivity contribution in [3.63, 3.8) is 0 Å². The molecule has 0 spiro atoms. The summed E-state index contributed by atoms with van der Waals surface area (Å²) in [5.41, 5.74) is 9.71. The van der Waals surface area contributed by atoms with E-state index >= 15 is 0 Å². The lowest BCUT2D eigenvalue weighted by atomic mass is 10.1. The lowest BCUT2D eigenvalue weighted by Gasteiger charge is -2.12. The van der Waals surface area contributed by atoms with Gasteiger partial charge in [-0.3, -0.25) is 0 Å². The molecule has 0 atom stereocenters. The van der Waals surface area contributed by atoms with Gasteiger partial charge in [0.2, 0.25) is 0 Å². The SMILES string of the molecule is Cc1cccc2c1c1ccccc1n2-c1cccc(-c2nc(-c3ccccc3)cc(-c3ccccc3)n2)c1. The maximum Gasteiger partial charge on any atom is 0.160 e. The molecule has 3 heteroatoms. The van der Waals surface area contributed by atoms with E-state index in [1.807, 2.05) is 36.4 Å². The van der Waals surface area contributed by atoms with Crippen LogP contribution in [0.2, 0.25) is 0 Å². The summed E-state index contributed by atoms with van der Waals surface area (Å²) in [6.45, 7) is 2.18. The second-order valence-electron chi connectivity index (χ2n) is 9.57. The van der Waals surface area contributed by atoms with Gasteiger partial charge in [-0.2, -0.15) is 0 Å². The van der Waals surface area contributed by atoms with E-state index in [1.54, 1.807) is 0 Å². The van der Waals surface area contributed by atoms with Crippen LogP contribution in [0.25, 0.3) is 61.4 Å². The van der Waals surface area contributed by atoms with Gasteiger partial charge in [0.15, 0.2) is 5.82 Å². The van der Waals surface area contributed by atoms with E-state index in [9.17, 15) is 0 Å². The molecule has 38 heavy (non-hydrogen) atoms. The molecule has 7 aromatic rings. The summed E-state index contributed by atoms with van der Waals surface area (Å²) in [4.78, 5) is 10.1. The maximum absolute atomic E-state index is 5.04. The van der Waals surface area contributed by atoms with Gasteiger partial charge in [0.1, 0.15) is 0 Å². The first-order chi connectivity index (χ1) is 18.8. The zero-order chi connectivity index (χ0) is 25.5. The number of benzene rings is 5. The normalized spacial score (nSPS) is 11.3. The number of aromatic nitrogens is 3. The highest BCUT2D eigenvalue weighted by Gasteiger charge is 2.15. The van der Waals surface area contributed by atoms with Crippen molar-refractivity contribution in [2.45, 2.75) is 6.92 Å². The molecule has 0 aliphatic carbocycles. The second-order valence-corrected chi connectivity index (χ2v) is 9.57. The molecule has 0 saturated carbocycles. The first-order valence-electron chi connectivity index (χ1n) is 12.9. The molecular formula is C35H25N3. The molecule has 180 valence electrons. The van der Waals surface area contributed by atoms with Gasteiger partial charge < -0.3 is 4.57 Å². The quantitative estimate of drug-likeness (QED) is 0.248. The van der Waals surface area contributed by atoms with E-state index in [4.69, 9.17) is 9.97 Å². The summed E-state index contributed by atoms with van der Waals surface area (Å²) >= 11 is 0. The fourth-order valence-electron chi connectivity index (χ4n) is 5.35. The molecule has 0 radical (unpaired) electrons. The van der Waals surface area contributed by atoms with Gasteiger partial charge >= 0.3 is 0 Å². The van der Waals surface area contributed by atoms with Crippen molar-refractivity contribution in [2.75, 3.05) is 0 Å². The number of hydrogen-bond donors (Lipinski definition) is 0. The second kappa shape index (κ2) is 9.13. The molecule has 5 aromatic carbocycles. The van der Waals surface area contributed by atoms with E-state index in [1.165, 1.54) is 27.4 Å². The van der Waals surface area contributed by atoms with E-state index in [0.717, 1.165) is 33.8 Å². The van der Waals surface area contributed by atoms with Crippen LogP contribution in [-0.2, 0) is 0 Å². The van der Waals surface area contributed by atoms with Gasteiger partial charge in [-0.25, -0.2) is 9.97 Å². The number of rotatable bonds is 4. The first kappa shape index (κ1) is 22.2. The molecular weight excluding hydrogens is 462 g/mol. The van der Waals surface area contributed by atoms with E-state index < -0.39 is 0 Å². The molecule has 0 amide bonds. The third-order valence-electron chi connectivity index (χ3n) is 7.13. The Morgan fingerprint density at radius 3 is 1.79 bits per heavy atom. The molecule has 0 fully saturated rings. The lowest BCUT2D eigenvalue weighted by molar-refractivity contribution is 1.16. The van der Waals surface area contributed by atoms with Crippen molar-refractivity contribution in [3.8, 4) is 39.6 Å². The van der Waals surface area contributed by atoms with Gasteiger partial charge in [0.05, 0.1) is 22.4 Å². The van der Waals surface area contributed by atoms with Crippen LogP contribution in [0.3, 0.4) is 0 Å². The predicted molar refractivity (Wildman–Crippen MR) is 157 cm³/mol. The molecule has 0 aliphatic heterocycles. The van der Waals surface area contributed by atoms with Crippen molar-refractivity contribution in [3.05, 3.63) is 139 Å². The Hall–Kier alpha value is -5.02. The minimum Gasteiger partial charge on any atom is -0.309 e. The Balaban J connectivity index is 1.44. The third kappa shape index (κ3) is 3.77. The Morgan fingerprint density at radius 1 is 0.500 bits per heavy atom. The summed E-state index contributed by atoms with van der Waals surface area (Å²) in [5.74, 6) is 0.712. The molecule has 2 heterocycles. The van der Waals surface area contributed by atoms with Gasteiger partial charge in [-0.1, -0.05) is 103 Å². The van der Waals surface area contributed by atoms with E-state index in [2.05, 4.69) is 109 Å². The van der Waals surface area contributed by atoms with Crippen LogP contribution in [0.15, 0.2) is 133 Å². The van der Waals surface area contributed by atoms with Crippen molar-refractivity contribution >= 4 is 21.8 Å². The molecule has 7 rings (SSSR count). The van der Waals surface area contributed by atoms with Crippen molar-refractivity contribution in [2.24, 2.45) is 0 Å². The first-order valence-corrected chi connectivity index (χ1v) is 12.9. The largest absolute Gasteiger partial charge is 0.309 e. The molecule has 3 nitrogen and oxygen atoms in total. The highest BCUT2D eigenvalue weighted by atomic mass is 15.0. The summed E-state index contributed by atoms with van der Waals surface area (Å²) in [5, 5.41) is 2.56. The number of fused-ring (bicyclic) bond motifs is 3. The molecule has 0 N–H and O–H groups in total. The van der Waals surface area contributed by atoms with E-state index in [0.29, 0.717) is 5.82 Å². The zero-order valence-electron chi connectivity index (χ0n) is 21.0. The van der Waals surface area contributed by atoms with Gasteiger partial charge in [0.25, 0.3) is 0 Å². The number of aryl methyl sites for hydroxylation is 1. The zero-order valence-corrected chi connectivity index (χ0v) is 21.0. The summed E-state index contributed by atoms with van der Waals surface area (Å²) in [6, 6.07) is 46.4. The summed E-state index contributed by atoms with van der Waals surface area (Å²) in [6.07, 6.45) is 0. The molecule has 2 aromatic heterocycles. The fraction of sp³-hybridized carbons (Fsp3) is 0.0286. The highest BCUT2D eigenvalue weighted by molar-refractivity contribution is 6.10. The van der Waals surface area contributed by atoms with Crippen LogP contribution in [0.5, 0.6) is 0 Å². The van der Waals surface area contributed by atoms with Crippen LogP contribution in [-0.4, -0.2) is 14.5 Å². The Morgan fingerprint density at radius 2 is 1.08 bits per heavy atom. The molecule has 0 aliphatic rings. The summed E-state index contributed by atoms with van der Waals surface area (Å²) < 4.78 is 2.35. The Labute approximate surface area is 221 Å². The highest BCUT2D eigenvalue weighted by Crippen LogP contribution is 2.35. The number of nitrogens with zero attached hydrogens (tertiary/aromatic N) is 3. The Bertz CT molecular complexity index is 1860. The van der Waals surface area contributed by atoms with Crippen molar-refractivity contribution < 1.29 is 0 Å². The van der Waals surface area contributed by atoms with E-state index in [-0.39, 0.29) is 0 Å². The molecule has 0 bridgehead atoms. The number of para-hydroxylation sites is 1. The van der Waals surface area contributed by atoms with Crippen molar-refractivity contribution in [1.82, 2.24) is 14.5 Å². The van der Waals surface area contributed by atoms with Gasteiger partial charge in [-0.15, -0.1) is 0 Å². The smallest absolute Gasteiger partial charge is 0.160 e. The lowest BCUT2D eigenvalue weighted by Crippen LogP contribution is -1.98. The van der Waals surface area contributed by atoms with Gasteiger partial charge in [0, 0.05) is 33.2 Å². The van der Waals surface area contributed by atoms with Crippen molar-refractivity contribution in [1.29, 1.82) is 0 Å². The fourth-order valence-corrected chi connectivity index (χ4v) is 5.35. The molecule has 0 saturated heterocycles. The average Bonchev–Trinajstić information content (AvgIpc) is 3.33. The van der Waals surface area contributed by atoms with Crippen LogP contribution >= 0.6 is 0 Å². The number of hydrogen-bond acceptors (Lipinski definition) is 2. The van der Waals surface area contributed by atoms with Crippen LogP contribution < -0.4 is 0 Å². The standard InChI is InChI=1S/C35H25N3/c1-24-12-10-21-33-34(24)29-19-8-9-20-32(29)38(33)28-18-11-17-27(22-28)35-36-30(25-13-4-2-5-14-25)23-31(37-35)26-15-6-3-7-16-26/h2-23H,1H3. The minimum absolute atomic E-state index is 0.712. The summed E-state index contributed by atoms with van der Waals surface area (Å²) in [7, 11) is 0. The van der Waals surface area contributed by atoms with Crippen LogP contribution in [0.1, 0.15) is 5.56 Å². The minimum atomic E-state index is 0.712. The van der Waals surface area contributed by atoms with Crippen LogP contribution in [0.4, 0.5) is 0 Å². The monoisotopic (exact) mass is 487 g/mol. The molecule has 0 unspecified atom stereocenters. The topological polar surface area (TPSA) is 30.7 Å². The van der Waals surface area contributed by atoms with Crippen LogP contribution in [0, 0.1) is 6.92 Å². The van der Waals surface area contributed by atoms with Gasteiger partial charge in [-0.05, 0) is 42.8 Å². The Kier molecular flexibility index (Phi) is 5.33. The average molecular weight is 488 g/mol.